The molecule has 6 heteroatoms. The molecule has 120 valence electrons. The van der Waals surface area contributed by atoms with E-state index in [-0.39, 0.29) is 0 Å². The van der Waals surface area contributed by atoms with E-state index in [2.05, 4.69) is 32.8 Å². The number of anilines is 1. The smallest absolute Gasteiger partial charge is 0.252 e. The van der Waals surface area contributed by atoms with Gasteiger partial charge in [0, 0.05) is 20.0 Å². The first-order valence-corrected chi connectivity index (χ1v) is 7.67. The van der Waals surface area contributed by atoms with E-state index in [1.54, 1.807) is 7.11 Å². The molecule has 1 aromatic carbocycles. The lowest BCUT2D eigenvalue weighted by Gasteiger charge is -2.23. The van der Waals surface area contributed by atoms with Crippen LogP contribution in [0.15, 0.2) is 35.0 Å². The fourth-order valence-electron chi connectivity index (χ4n) is 2.60. The number of nitrogens with zero attached hydrogens (tertiary/aromatic N) is 4. The Hall–Kier alpha value is -2.63. The molecule has 3 aromatic rings. The molecule has 0 aliphatic heterocycles. The Balaban J connectivity index is 1.96. The number of benzene rings is 1. The van der Waals surface area contributed by atoms with E-state index in [0.29, 0.717) is 17.1 Å². The fraction of sp³-hybridized carbons (Fsp3) is 0.353. The fourth-order valence-corrected chi connectivity index (χ4v) is 2.60. The first-order valence-electron chi connectivity index (χ1n) is 7.67. The van der Waals surface area contributed by atoms with Gasteiger partial charge in [-0.05, 0) is 24.1 Å². The van der Waals surface area contributed by atoms with Crippen LogP contribution in [0, 0.1) is 6.92 Å². The number of ether oxygens (including phenoxy) is 1. The summed E-state index contributed by atoms with van der Waals surface area (Å²) < 4.78 is 10.8. The minimum Gasteiger partial charge on any atom is -0.497 e. The molecule has 0 atom stereocenters. The molecule has 0 spiro atoms. The van der Waals surface area contributed by atoms with Crippen molar-refractivity contribution in [2.75, 3.05) is 18.6 Å². The summed E-state index contributed by atoms with van der Waals surface area (Å²) in [5, 5.41) is 0. The lowest BCUT2D eigenvalue weighted by molar-refractivity contribution is 0.414. The maximum Gasteiger partial charge on any atom is 0.252 e. The van der Waals surface area contributed by atoms with Crippen LogP contribution in [0.3, 0.4) is 0 Å². The predicted molar refractivity (Wildman–Crippen MR) is 88.7 cm³/mol. The van der Waals surface area contributed by atoms with Crippen LogP contribution in [0.4, 0.5) is 5.82 Å². The van der Waals surface area contributed by atoms with Crippen molar-refractivity contribution >= 4 is 17.0 Å². The number of fused-ring (bicyclic) bond motifs is 1. The SMILES string of the molecule is CCCN(Cc1cccc(OC)c1)c1ncnc2oc(C)nc12. The zero-order chi connectivity index (χ0) is 16.2. The highest BCUT2D eigenvalue weighted by Gasteiger charge is 2.16. The van der Waals surface area contributed by atoms with Gasteiger partial charge in [0.25, 0.3) is 5.71 Å². The van der Waals surface area contributed by atoms with Crippen molar-refractivity contribution in [1.82, 2.24) is 15.0 Å². The summed E-state index contributed by atoms with van der Waals surface area (Å²) in [4.78, 5) is 15.2. The van der Waals surface area contributed by atoms with Crippen LogP contribution in [0.25, 0.3) is 11.2 Å². The number of aryl methyl sites for hydroxylation is 1. The molecule has 2 aromatic heterocycles. The zero-order valence-corrected chi connectivity index (χ0v) is 13.6. The van der Waals surface area contributed by atoms with Crippen LogP contribution in [0.1, 0.15) is 24.8 Å². The topological polar surface area (TPSA) is 64.3 Å². The highest BCUT2D eigenvalue weighted by Crippen LogP contribution is 2.25. The molecular formula is C17H20N4O2. The average Bonchev–Trinajstić information content (AvgIpc) is 2.94. The summed E-state index contributed by atoms with van der Waals surface area (Å²) in [6, 6.07) is 8.05. The Kier molecular flexibility index (Phi) is 4.41. The lowest BCUT2D eigenvalue weighted by Crippen LogP contribution is -2.25. The quantitative estimate of drug-likeness (QED) is 0.695. The van der Waals surface area contributed by atoms with Crippen molar-refractivity contribution in [3.63, 3.8) is 0 Å². The molecule has 0 aliphatic carbocycles. The summed E-state index contributed by atoms with van der Waals surface area (Å²) in [7, 11) is 1.68. The van der Waals surface area contributed by atoms with Gasteiger partial charge in [-0.15, -0.1) is 0 Å². The number of rotatable bonds is 6. The molecule has 0 amide bonds. The van der Waals surface area contributed by atoms with Gasteiger partial charge >= 0.3 is 0 Å². The van der Waals surface area contributed by atoms with Crippen LogP contribution >= 0.6 is 0 Å². The van der Waals surface area contributed by atoms with Gasteiger partial charge in [0.1, 0.15) is 12.1 Å². The first kappa shape index (κ1) is 15.3. The molecule has 0 saturated carbocycles. The van der Waals surface area contributed by atoms with Crippen molar-refractivity contribution < 1.29 is 9.15 Å². The van der Waals surface area contributed by atoms with E-state index in [1.165, 1.54) is 6.33 Å². The third kappa shape index (κ3) is 3.26. The second-order valence-electron chi connectivity index (χ2n) is 5.36. The summed E-state index contributed by atoms with van der Waals surface area (Å²) in [6.45, 7) is 5.56. The molecule has 23 heavy (non-hydrogen) atoms. The number of oxazole rings is 1. The molecule has 6 nitrogen and oxygen atoms in total. The molecule has 0 N–H and O–H groups in total. The van der Waals surface area contributed by atoms with Crippen LogP contribution < -0.4 is 9.64 Å². The minimum absolute atomic E-state index is 0.527. The second-order valence-corrected chi connectivity index (χ2v) is 5.36. The highest BCUT2D eigenvalue weighted by atomic mass is 16.5. The van der Waals surface area contributed by atoms with Gasteiger partial charge in [-0.2, -0.15) is 4.98 Å². The maximum absolute atomic E-state index is 5.51. The van der Waals surface area contributed by atoms with E-state index >= 15 is 0 Å². The van der Waals surface area contributed by atoms with Crippen molar-refractivity contribution in [2.45, 2.75) is 26.8 Å². The summed E-state index contributed by atoms with van der Waals surface area (Å²) in [5.74, 6) is 2.25. The van der Waals surface area contributed by atoms with Gasteiger partial charge in [-0.3, -0.25) is 0 Å². The van der Waals surface area contributed by atoms with E-state index < -0.39 is 0 Å². The maximum atomic E-state index is 5.51. The molecule has 0 aliphatic rings. The number of aromatic nitrogens is 3. The van der Waals surface area contributed by atoms with Gasteiger partial charge in [-0.1, -0.05) is 19.1 Å². The Bertz CT molecular complexity index is 800. The lowest BCUT2D eigenvalue weighted by atomic mass is 10.2. The van der Waals surface area contributed by atoms with E-state index in [1.807, 2.05) is 25.1 Å². The largest absolute Gasteiger partial charge is 0.497 e. The Morgan fingerprint density at radius 3 is 2.91 bits per heavy atom. The molecule has 0 fully saturated rings. The molecule has 0 radical (unpaired) electrons. The second kappa shape index (κ2) is 6.64. The van der Waals surface area contributed by atoms with Crippen LogP contribution in [-0.4, -0.2) is 28.6 Å². The zero-order valence-electron chi connectivity index (χ0n) is 13.6. The average molecular weight is 312 g/mol. The Labute approximate surface area is 135 Å². The van der Waals surface area contributed by atoms with Gasteiger partial charge in [0.2, 0.25) is 0 Å². The predicted octanol–water partition coefficient (Wildman–Crippen LogP) is 3.35. The molecule has 0 bridgehead atoms. The summed E-state index contributed by atoms with van der Waals surface area (Å²) >= 11 is 0. The number of hydrogen-bond donors (Lipinski definition) is 0. The summed E-state index contributed by atoms with van der Waals surface area (Å²) in [5.41, 5.74) is 2.39. The van der Waals surface area contributed by atoms with Crippen molar-refractivity contribution in [1.29, 1.82) is 0 Å². The van der Waals surface area contributed by atoms with E-state index in [9.17, 15) is 0 Å². The van der Waals surface area contributed by atoms with Gasteiger partial charge in [-0.25, -0.2) is 9.97 Å². The Morgan fingerprint density at radius 1 is 1.26 bits per heavy atom. The molecule has 0 unspecified atom stereocenters. The number of hydrogen-bond acceptors (Lipinski definition) is 6. The third-order valence-corrected chi connectivity index (χ3v) is 3.58. The molecule has 2 heterocycles. The van der Waals surface area contributed by atoms with Crippen molar-refractivity contribution in [3.05, 3.63) is 42.0 Å². The third-order valence-electron chi connectivity index (χ3n) is 3.58. The van der Waals surface area contributed by atoms with E-state index in [0.717, 1.165) is 36.6 Å². The van der Waals surface area contributed by atoms with Crippen LogP contribution in [-0.2, 0) is 6.54 Å². The first-order chi connectivity index (χ1) is 11.2. The Morgan fingerprint density at radius 2 is 2.13 bits per heavy atom. The van der Waals surface area contributed by atoms with Gasteiger partial charge < -0.3 is 14.1 Å². The van der Waals surface area contributed by atoms with Crippen LogP contribution in [0.5, 0.6) is 5.75 Å². The highest BCUT2D eigenvalue weighted by molar-refractivity contribution is 5.81. The molecule has 0 saturated heterocycles. The molecule has 3 rings (SSSR count). The molecular weight excluding hydrogens is 292 g/mol. The van der Waals surface area contributed by atoms with Crippen molar-refractivity contribution in [3.8, 4) is 5.75 Å². The number of methoxy groups -OCH3 is 1. The van der Waals surface area contributed by atoms with Crippen molar-refractivity contribution in [2.24, 2.45) is 0 Å². The van der Waals surface area contributed by atoms with Crippen LogP contribution in [0.2, 0.25) is 0 Å². The minimum atomic E-state index is 0.527. The van der Waals surface area contributed by atoms with E-state index in [4.69, 9.17) is 9.15 Å². The normalized spacial score (nSPS) is 10.9. The van der Waals surface area contributed by atoms with Gasteiger partial charge in [0.15, 0.2) is 17.2 Å². The summed E-state index contributed by atoms with van der Waals surface area (Å²) in [6.07, 6.45) is 2.53. The van der Waals surface area contributed by atoms with Gasteiger partial charge in [0.05, 0.1) is 7.11 Å². The standard InChI is InChI=1S/C17H20N4O2/c1-4-8-21(10-13-6-5-7-14(9-13)22-3)16-15-17(19-11-18-16)23-12(2)20-15/h5-7,9,11H,4,8,10H2,1-3H3. The monoisotopic (exact) mass is 312 g/mol.